The van der Waals surface area contributed by atoms with Crippen molar-refractivity contribution in [2.75, 3.05) is 18.0 Å². The van der Waals surface area contributed by atoms with Gasteiger partial charge in [-0.15, -0.1) is 0 Å². The summed E-state index contributed by atoms with van der Waals surface area (Å²) in [5.41, 5.74) is 5.11. The molecule has 0 spiro atoms. The minimum absolute atomic E-state index is 0.440. The van der Waals surface area contributed by atoms with E-state index in [1.54, 1.807) is 0 Å². The number of aliphatic hydroxyl groups is 1. The first-order valence-electron chi connectivity index (χ1n) is 6.83. The Kier molecular flexibility index (Phi) is 2.70. The lowest BCUT2D eigenvalue weighted by Gasteiger charge is -2.26. The molecule has 1 aliphatic heterocycles. The molecular weight excluding hydrogens is 222 g/mol. The highest BCUT2D eigenvalue weighted by Gasteiger charge is 2.39. The lowest BCUT2D eigenvalue weighted by Crippen LogP contribution is -2.30. The zero-order valence-electron chi connectivity index (χ0n) is 11.2. The molecule has 0 atom stereocenters. The van der Waals surface area contributed by atoms with Gasteiger partial charge in [0, 0.05) is 18.8 Å². The summed E-state index contributed by atoms with van der Waals surface area (Å²) in [6, 6.07) is 8.73. The summed E-state index contributed by atoms with van der Waals surface area (Å²) in [7, 11) is 0. The number of hydrogen-bond acceptors (Lipinski definition) is 2. The van der Waals surface area contributed by atoms with Gasteiger partial charge in [-0.2, -0.15) is 0 Å². The number of aryl methyl sites for hydroxylation is 1. The van der Waals surface area contributed by atoms with Crippen LogP contribution in [0.1, 0.15) is 31.7 Å². The van der Waals surface area contributed by atoms with Crippen LogP contribution in [-0.4, -0.2) is 23.8 Å². The van der Waals surface area contributed by atoms with Crippen LogP contribution in [0.25, 0.3) is 0 Å². The summed E-state index contributed by atoms with van der Waals surface area (Å²) in [6.45, 7) is 6.20. The summed E-state index contributed by atoms with van der Waals surface area (Å²) < 4.78 is 0. The molecule has 18 heavy (non-hydrogen) atoms. The summed E-state index contributed by atoms with van der Waals surface area (Å²) in [6.07, 6.45) is 2.62. The highest BCUT2D eigenvalue weighted by atomic mass is 16.3. The molecule has 1 aliphatic carbocycles. The van der Waals surface area contributed by atoms with Gasteiger partial charge in [-0.05, 0) is 49.5 Å². The van der Waals surface area contributed by atoms with Gasteiger partial charge in [-0.25, -0.2) is 0 Å². The third kappa shape index (κ3) is 1.95. The molecule has 0 saturated heterocycles. The van der Waals surface area contributed by atoms with Crippen molar-refractivity contribution in [3.63, 3.8) is 0 Å². The summed E-state index contributed by atoms with van der Waals surface area (Å²) >= 11 is 0. The first kappa shape index (κ1) is 11.8. The highest BCUT2D eigenvalue weighted by molar-refractivity contribution is 5.54. The van der Waals surface area contributed by atoms with E-state index in [9.17, 15) is 5.11 Å². The van der Waals surface area contributed by atoms with E-state index in [0.29, 0.717) is 0 Å². The van der Waals surface area contributed by atoms with Crippen molar-refractivity contribution >= 4 is 5.69 Å². The van der Waals surface area contributed by atoms with E-state index in [-0.39, 0.29) is 0 Å². The molecule has 0 aromatic heterocycles. The Balaban J connectivity index is 1.71. The third-order valence-corrected chi connectivity index (χ3v) is 4.41. The molecule has 96 valence electrons. The number of nitrogens with zero attached hydrogens (tertiary/aromatic N) is 1. The van der Waals surface area contributed by atoms with Crippen LogP contribution in [0.5, 0.6) is 0 Å². The molecule has 1 aromatic carbocycles. The Morgan fingerprint density at radius 2 is 1.67 bits per heavy atom. The van der Waals surface area contributed by atoms with E-state index in [0.717, 1.165) is 32.4 Å². The van der Waals surface area contributed by atoms with Crippen LogP contribution in [0.15, 0.2) is 35.4 Å². The van der Waals surface area contributed by atoms with Crippen molar-refractivity contribution < 1.29 is 5.11 Å². The molecule has 2 aliphatic rings. The maximum atomic E-state index is 10.3. The van der Waals surface area contributed by atoms with Gasteiger partial charge in [0.2, 0.25) is 0 Å². The summed E-state index contributed by atoms with van der Waals surface area (Å²) in [5, 5.41) is 10.3. The average molecular weight is 243 g/mol. The topological polar surface area (TPSA) is 23.5 Å². The van der Waals surface area contributed by atoms with Crippen LogP contribution in [0, 0.1) is 6.92 Å². The second-order valence-electron chi connectivity index (χ2n) is 5.83. The van der Waals surface area contributed by atoms with Crippen LogP contribution < -0.4 is 4.90 Å². The molecule has 0 amide bonds. The normalized spacial score (nSPS) is 21.6. The van der Waals surface area contributed by atoms with Crippen molar-refractivity contribution in [2.24, 2.45) is 0 Å². The molecule has 1 heterocycles. The van der Waals surface area contributed by atoms with Crippen molar-refractivity contribution in [1.29, 1.82) is 0 Å². The van der Waals surface area contributed by atoms with E-state index in [1.165, 1.54) is 22.4 Å². The maximum Gasteiger partial charge on any atom is 0.0720 e. The Morgan fingerprint density at radius 1 is 1.11 bits per heavy atom. The van der Waals surface area contributed by atoms with E-state index in [4.69, 9.17) is 0 Å². The van der Waals surface area contributed by atoms with Crippen LogP contribution >= 0.6 is 0 Å². The summed E-state index contributed by atoms with van der Waals surface area (Å²) in [5.74, 6) is 0. The van der Waals surface area contributed by atoms with Crippen molar-refractivity contribution in [3.8, 4) is 0 Å². The van der Waals surface area contributed by atoms with Crippen molar-refractivity contribution in [3.05, 3.63) is 41.0 Å². The zero-order chi connectivity index (χ0) is 12.8. The summed E-state index contributed by atoms with van der Waals surface area (Å²) in [4.78, 5) is 2.42. The molecular formula is C16H21NO. The molecule has 3 rings (SSSR count). The van der Waals surface area contributed by atoms with Gasteiger partial charge in [-0.1, -0.05) is 24.6 Å². The minimum atomic E-state index is -0.440. The molecule has 0 radical (unpaired) electrons. The van der Waals surface area contributed by atoms with Crippen LogP contribution in [0.3, 0.4) is 0 Å². The van der Waals surface area contributed by atoms with Crippen molar-refractivity contribution in [2.45, 2.75) is 38.7 Å². The second-order valence-corrected chi connectivity index (χ2v) is 5.83. The van der Waals surface area contributed by atoms with Crippen LogP contribution in [-0.2, 0) is 0 Å². The molecule has 1 aromatic rings. The van der Waals surface area contributed by atoms with Crippen LogP contribution in [0.2, 0.25) is 0 Å². The first-order chi connectivity index (χ1) is 8.59. The number of rotatable bonds is 2. The molecule has 0 bridgehead atoms. The Hall–Kier alpha value is -1.28. The number of hydrogen-bond donors (Lipinski definition) is 1. The number of benzene rings is 1. The molecule has 0 fully saturated rings. The average Bonchev–Trinajstić information content (AvgIpc) is 2.85. The molecule has 2 nitrogen and oxygen atoms in total. The second kappa shape index (κ2) is 4.13. The molecule has 2 heteroatoms. The smallest absolute Gasteiger partial charge is 0.0720 e. The van der Waals surface area contributed by atoms with Gasteiger partial charge in [-0.3, -0.25) is 0 Å². The fraction of sp³-hybridized carbons (Fsp3) is 0.500. The predicted molar refractivity (Wildman–Crippen MR) is 74.9 cm³/mol. The predicted octanol–water partition coefficient (Wildman–Crippen LogP) is 3.05. The number of anilines is 1. The van der Waals surface area contributed by atoms with E-state index in [2.05, 4.69) is 43.0 Å². The van der Waals surface area contributed by atoms with Gasteiger partial charge < -0.3 is 10.0 Å². The van der Waals surface area contributed by atoms with E-state index in [1.807, 2.05) is 0 Å². The van der Waals surface area contributed by atoms with Gasteiger partial charge in [0.25, 0.3) is 0 Å². The monoisotopic (exact) mass is 243 g/mol. The Labute approximate surface area is 109 Å². The van der Waals surface area contributed by atoms with Gasteiger partial charge in [0.05, 0.1) is 5.60 Å². The first-order valence-corrected chi connectivity index (χ1v) is 6.83. The molecule has 0 unspecified atom stereocenters. The zero-order valence-corrected chi connectivity index (χ0v) is 11.2. The van der Waals surface area contributed by atoms with Crippen LogP contribution in [0.4, 0.5) is 5.69 Å². The standard InChI is InChI=1S/C16H21NO/c1-3-16(18)8-13-10-17(11-14(13)9-16)15-6-4-12(2)5-7-15/h4-7,18H,3,8-11H2,1-2H3. The lowest BCUT2D eigenvalue weighted by atomic mass is 9.95. The Morgan fingerprint density at radius 3 is 2.17 bits per heavy atom. The minimum Gasteiger partial charge on any atom is -0.389 e. The molecule has 1 N–H and O–H groups in total. The maximum absolute atomic E-state index is 10.3. The fourth-order valence-corrected chi connectivity index (χ4v) is 3.15. The molecule has 0 saturated carbocycles. The fourth-order valence-electron chi connectivity index (χ4n) is 3.15. The SMILES string of the molecule is CCC1(O)CC2=C(CN(c3ccc(C)cc3)C2)C1. The van der Waals surface area contributed by atoms with Crippen molar-refractivity contribution in [1.82, 2.24) is 0 Å². The van der Waals surface area contributed by atoms with Gasteiger partial charge >= 0.3 is 0 Å². The van der Waals surface area contributed by atoms with Gasteiger partial charge in [0.15, 0.2) is 0 Å². The quantitative estimate of drug-likeness (QED) is 0.807. The largest absolute Gasteiger partial charge is 0.389 e. The van der Waals surface area contributed by atoms with E-state index < -0.39 is 5.60 Å². The van der Waals surface area contributed by atoms with E-state index >= 15 is 0 Å². The highest BCUT2D eigenvalue weighted by Crippen LogP contribution is 2.42. The Bertz CT molecular complexity index is 468. The lowest BCUT2D eigenvalue weighted by molar-refractivity contribution is 0.0459. The third-order valence-electron chi connectivity index (χ3n) is 4.41. The van der Waals surface area contributed by atoms with Gasteiger partial charge in [0.1, 0.15) is 0 Å².